The lowest BCUT2D eigenvalue weighted by molar-refractivity contribution is -0.116. The molecule has 2 aromatic rings. The van der Waals surface area contributed by atoms with E-state index in [2.05, 4.69) is 39.6 Å². The number of thiophene rings is 1. The molecule has 1 unspecified atom stereocenters. The van der Waals surface area contributed by atoms with Crippen molar-refractivity contribution in [3.63, 3.8) is 0 Å². The molecule has 0 saturated carbocycles. The molecule has 106 valence electrons. The van der Waals surface area contributed by atoms with Crippen LogP contribution in [0.2, 0.25) is 0 Å². The lowest BCUT2D eigenvalue weighted by Gasteiger charge is -2.12. The molecule has 0 bridgehead atoms. The number of rotatable bonds is 6. The summed E-state index contributed by atoms with van der Waals surface area (Å²) in [6.07, 6.45) is 2.42. The van der Waals surface area contributed by atoms with Crippen LogP contribution in [0.15, 0.2) is 41.8 Å². The molecule has 0 spiro atoms. The Balaban J connectivity index is 1.85. The molecule has 2 rings (SSSR count). The zero-order valence-corrected chi connectivity index (χ0v) is 13.8. The van der Waals surface area contributed by atoms with Gasteiger partial charge in [-0.2, -0.15) is 0 Å². The molecule has 1 heterocycles. The third-order valence-corrected chi connectivity index (χ3v) is 4.50. The molecule has 0 fully saturated rings. The molecule has 0 aliphatic carbocycles. The van der Waals surface area contributed by atoms with E-state index in [0.29, 0.717) is 6.42 Å². The van der Waals surface area contributed by atoms with Crippen LogP contribution in [0.1, 0.15) is 35.0 Å². The van der Waals surface area contributed by atoms with E-state index < -0.39 is 0 Å². The molecule has 2 nitrogen and oxygen atoms in total. The maximum absolute atomic E-state index is 12.0. The lowest BCUT2D eigenvalue weighted by atomic mass is 10.1. The number of amides is 1. The van der Waals surface area contributed by atoms with Crippen molar-refractivity contribution in [1.82, 2.24) is 0 Å². The van der Waals surface area contributed by atoms with E-state index >= 15 is 0 Å². The van der Waals surface area contributed by atoms with Crippen molar-refractivity contribution in [1.29, 1.82) is 0 Å². The number of carbonyl (C=O) groups is 1. The number of aryl methyl sites for hydroxylation is 1. The Hall–Kier alpha value is -1.13. The smallest absolute Gasteiger partial charge is 0.224 e. The van der Waals surface area contributed by atoms with Crippen LogP contribution in [0.3, 0.4) is 0 Å². The molecule has 1 aromatic heterocycles. The Morgan fingerprint density at radius 3 is 2.80 bits per heavy atom. The monoisotopic (exact) mass is 351 g/mol. The number of benzene rings is 1. The van der Waals surface area contributed by atoms with Crippen molar-refractivity contribution >= 4 is 38.9 Å². The highest BCUT2D eigenvalue weighted by Crippen LogP contribution is 2.28. The van der Waals surface area contributed by atoms with Gasteiger partial charge in [-0.05, 0) is 42.8 Å². The van der Waals surface area contributed by atoms with Crippen molar-refractivity contribution in [3.8, 4) is 0 Å². The van der Waals surface area contributed by atoms with Crippen LogP contribution < -0.4 is 5.32 Å². The van der Waals surface area contributed by atoms with Crippen molar-refractivity contribution < 1.29 is 4.79 Å². The highest BCUT2D eigenvalue weighted by atomic mass is 79.9. The Labute approximate surface area is 132 Å². The van der Waals surface area contributed by atoms with E-state index in [-0.39, 0.29) is 10.7 Å². The van der Waals surface area contributed by atoms with Crippen LogP contribution in [0.4, 0.5) is 5.69 Å². The minimum Gasteiger partial charge on any atom is -0.326 e. The molecular formula is C16H18BrNOS. The number of carbonyl (C=O) groups excluding carboxylic acids is 1. The maximum Gasteiger partial charge on any atom is 0.224 e. The predicted molar refractivity (Wildman–Crippen MR) is 89.7 cm³/mol. The van der Waals surface area contributed by atoms with E-state index in [4.69, 9.17) is 0 Å². The minimum atomic E-state index is 0.0853. The van der Waals surface area contributed by atoms with E-state index in [9.17, 15) is 4.79 Å². The molecular weight excluding hydrogens is 334 g/mol. The third kappa shape index (κ3) is 4.46. The summed E-state index contributed by atoms with van der Waals surface area (Å²) in [7, 11) is 0. The van der Waals surface area contributed by atoms with Gasteiger partial charge in [-0.15, -0.1) is 11.3 Å². The fourth-order valence-electron chi connectivity index (χ4n) is 2.05. The van der Waals surface area contributed by atoms with Gasteiger partial charge in [0.2, 0.25) is 5.91 Å². The first-order valence-corrected chi connectivity index (χ1v) is 8.51. The number of alkyl halides is 1. The zero-order chi connectivity index (χ0) is 14.4. The SMILES string of the molecule is CC(Br)c1ccccc1NC(=O)CCCc1cccs1. The summed E-state index contributed by atoms with van der Waals surface area (Å²) in [6, 6.07) is 12.1. The van der Waals surface area contributed by atoms with Crippen molar-refractivity contribution in [3.05, 3.63) is 52.2 Å². The van der Waals surface area contributed by atoms with Gasteiger partial charge in [0, 0.05) is 21.8 Å². The van der Waals surface area contributed by atoms with Gasteiger partial charge < -0.3 is 5.32 Å². The Bertz CT molecular complexity index is 551. The molecule has 1 aromatic carbocycles. The first-order valence-electron chi connectivity index (χ1n) is 6.72. The first-order chi connectivity index (χ1) is 9.66. The van der Waals surface area contributed by atoms with Gasteiger partial charge in [0.25, 0.3) is 0 Å². The number of hydrogen-bond acceptors (Lipinski definition) is 2. The standard InChI is InChI=1S/C16H18BrNOS/c1-12(17)14-8-2-3-9-15(14)18-16(19)10-4-6-13-7-5-11-20-13/h2-3,5,7-9,11-12H,4,6,10H2,1H3,(H,18,19). The molecule has 4 heteroatoms. The maximum atomic E-state index is 12.0. The van der Waals surface area contributed by atoms with Gasteiger partial charge in [0.15, 0.2) is 0 Å². The van der Waals surface area contributed by atoms with Gasteiger partial charge >= 0.3 is 0 Å². The summed E-state index contributed by atoms with van der Waals surface area (Å²) >= 11 is 5.30. The molecule has 0 aliphatic rings. The average Bonchev–Trinajstić information content (AvgIpc) is 2.92. The third-order valence-electron chi connectivity index (χ3n) is 3.07. The lowest BCUT2D eigenvalue weighted by Crippen LogP contribution is -2.13. The highest BCUT2D eigenvalue weighted by molar-refractivity contribution is 9.09. The summed E-state index contributed by atoms with van der Waals surface area (Å²) < 4.78 is 0. The Kier molecular flexibility index (Phi) is 5.80. The van der Waals surface area contributed by atoms with Crippen LogP contribution in [-0.2, 0) is 11.2 Å². The average molecular weight is 352 g/mol. The normalized spacial score (nSPS) is 12.1. The number of para-hydroxylation sites is 1. The van der Waals surface area contributed by atoms with Crippen LogP contribution in [0, 0.1) is 0 Å². The molecule has 1 atom stereocenters. The van der Waals surface area contributed by atoms with Gasteiger partial charge in [0.1, 0.15) is 0 Å². The van der Waals surface area contributed by atoms with Gasteiger partial charge in [-0.3, -0.25) is 4.79 Å². The Morgan fingerprint density at radius 2 is 2.10 bits per heavy atom. The molecule has 0 saturated heterocycles. The number of nitrogens with one attached hydrogen (secondary N) is 1. The second-order valence-electron chi connectivity index (χ2n) is 4.68. The van der Waals surface area contributed by atoms with Gasteiger partial charge in [0.05, 0.1) is 0 Å². The second-order valence-corrected chi connectivity index (χ2v) is 7.09. The van der Waals surface area contributed by atoms with Crippen LogP contribution in [0.25, 0.3) is 0 Å². The predicted octanol–water partition coefficient (Wildman–Crippen LogP) is 5.17. The Morgan fingerprint density at radius 1 is 1.30 bits per heavy atom. The summed E-state index contributed by atoms with van der Waals surface area (Å²) in [4.78, 5) is 13.6. The zero-order valence-electron chi connectivity index (χ0n) is 11.4. The molecule has 1 N–H and O–H groups in total. The van der Waals surface area contributed by atoms with Crippen LogP contribution >= 0.6 is 27.3 Å². The molecule has 0 aliphatic heterocycles. The van der Waals surface area contributed by atoms with Crippen LogP contribution in [0.5, 0.6) is 0 Å². The van der Waals surface area contributed by atoms with Crippen molar-refractivity contribution in [2.75, 3.05) is 5.32 Å². The molecule has 20 heavy (non-hydrogen) atoms. The largest absolute Gasteiger partial charge is 0.326 e. The van der Waals surface area contributed by atoms with Gasteiger partial charge in [-0.25, -0.2) is 0 Å². The number of hydrogen-bond donors (Lipinski definition) is 1. The number of anilines is 1. The molecule has 0 radical (unpaired) electrons. The van der Waals surface area contributed by atoms with E-state index in [1.54, 1.807) is 11.3 Å². The highest BCUT2D eigenvalue weighted by Gasteiger charge is 2.09. The minimum absolute atomic E-state index is 0.0853. The summed E-state index contributed by atoms with van der Waals surface area (Å²) in [6.45, 7) is 2.06. The summed E-state index contributed by atoms with van der Waals surface area (Å²) in [5, 5.41) is 5.08. The number of halogens is 1. The summed E-state index contributed by atoms with van der Waals surface area (Å²) in [5.41, 5.74) is 2.01. The first kappa shape index (κ1) is 15.3. The topological polar surface area (TPSA) is 29.1 Å². The molecule has 1 amide bonds. The quantitative estimate of drug-likeness (QED) is 0.715. The summed E-state index contributed by atoms with van der Waals surface area (Å²) in [5.74, 6) is 0.0853. The fourth-order valence-corrected chi connectivity index (χ4v) is 3.20. The fraction of sp³-hybridized carbons (Fsp3) is 0.312. The van der Waals surface area contributed by atoms with Crippen molar-refractivity contribution in [2.45, 2.75) is 31.0 Å². The van der Waals surface area contributed by atoms with Crippen molar-refractivity contribution in [2.24, 2.45) is 0 Å². The second kappa shape index (κ2) is 7.60. The van der Waals surface area contributed by atoms with E-state index in [1.807, 2.05) is 30.3 Å². The van der Waals surface area contributed by atoms with Crippen LogP contribution in [-0.4, -0.2) is 5.91 Å². The van der Waals surface area contributed by atoms with E-state index in [1.165, 1.54) is 4.88 Å². The van der Waals surface area contributed by atoms with Gasteiger partial charge in [-0.1, -0.05) is 40.2 Å². The van der Waals surface area contributed by atoms with E-state index in [0.717, 1.165) is 24.1 Å².